The summed E-state index contributed by atoms with van der Waals surface area (Å²) in [4.78, 5) is 28.0. The second kappa shape index (κ2) is 9.68. The molecule has 0 aliphatic carbocycles. The molecule has 1 aliphatic heterocycles. The second-order valence-electron chi connectivity index (χ2n) is 7.97. The van der Waals surface area contributed by atoms with Crippen LogP contribution in [0.25, 0.3) is 0 Å². The molecule has 1 aliphatic rings. The van der Waals surface area contributed by atoms with Crippen LogP contribution in [0.1, 0.15) is 35.7 Å². The Morgan fingerprint density at radius 3 is 2.48 bits per heavy atom. The maximum Gasteiger partial charge on any atom is 0.270 e. The van der Waals surface area contributed by atoms with Crippen LogP contribution in [0.3, 0.4) is 0 Å². The maximum atomic E-state index is 13.4. The molecule has 1 fully saturated rings. The molecule has 2 aromatic rings. The molecular formula is C23H29N3O5. The first-order chi connectivity index (χ1) is 14.8. The van der Waals surface area contributed by atoms with Crippen molar-refractivity contribution in [3.05, 3.63) is 57.6 Å². The van der Waals surface area contributed by atoms with E-state index in [0.29, 0.717) is 29.5 Å². The number of hydrogen-bond acceptors (Lipinski definition) is 6. The summed E-state index contributed by atoms with van der Waals surface area (Å²) in [5.41, 5.74) is 1.82. The quantitative estimate of drug-likeness (QED) is 0.488. The van der Waals surface area contributed by atoms with Crippen LogP contribution in [0.15, 0.2) is 36.4 Å². The molecule has 8 nitrogen and oxygen atoms in total. The highest BCUT2D eigenvalue weighted by atomic mass is 16.6. The maximum absolute atomic E-state index is 13.4. The summed E-state index contributed by atoms with van der Waals surface area (Å²) in [6.45, 7) is 4.17. The van der Waals surface area contributed by atoms with E-state index in [2.05, 4.69) is 11.8 Å². The number of benzene rings is 2. The van der Waals surface area contributed by atoms with E-state index in [1.165, 1.54) is 12.1 Å². The molecule has 0 saturated carbocycles. The highest BCUT2D eigenvalue weighted by Gasteiger charge is 2.25. The minimum absolute atomic E-state index is 0.0899. The zero-order valence-electron chi connectivity index (χ0n) is 18.5. The lowest BCUT2D eigenvalue weighted by atomic mass is 9.97. The van der Waals surface area contributed by atoms with E-state index in [0.717, 1.165) is 37.2 Å². The first kappa shape index (κ1) is 22.4. The molecule has 0 atom stereocenters. The van der Waals surface area contributed by atoms with Crippen molar-refractivity contribution in [1.29, 1.82) is 0 Å². The number of anilines is 1. The molecule has 0 bridgehead atoms. The number of piperidine rings is 1. The summed E-state index contributed by atoms with van der Waals surface area (Å²) < 4.78 is 10.7. The SMILES string of the molecule is COc1ccc(CN(C)C(=O)c2cc([N+](=O)[O-])ccc2N2CCC(C)CC2)c(OC)c1. The molecule has 1 saturated heterocycles. The van der Waals surface area contributed by atoms with Crippen LogP contribution in [0.5, 0.6) is 11.5 Å². The molecule has 31 heavy (non-hydrogen) atoms. The number of ether oxygens (including phenoxy) is 2. The van der Waals surface area contributed by atoms with Crippen molar-refractivity contribution < 1.29 is 19.2 Å². The lowest BCUT2D eigenvalue weighted by Crippen LogP contribution is -2.35. The standard InChI is InChI=1S/C23H29N3O5/c1-16-9-11-25(12-10-16)21-8-6-18(26(28)29)13-20(21)23(27)24(2)15-17-5-7-19(30-3)14-22(17)31-4/h5-8,13-14,16H,9-12,15H2,1-4H3. The van der Waals surface area contributed by atoms with Crippen molar-refractivity contribution in [3.63, 3.8) is 0 Å². The molecular weight excluding hydrogens is 398 g/mol. The van der Waals surface area contributed by atoms with Gasteiger partial charge in [-0.05, 0) is 37.0 Å². The van der Waals surface area contributed by atoms with Gasteiger partial charge in [0.25, 0.3) is 11.6 Å². The van der Waals surface area contributed by atoms with Crippen LogP contribution in [0.4, 0.5) is 11.4 Å². The monoisotopic (exact) mass is 427 g/mol. The zero-order valence-corrected chi connectivity index (χ0v) is 18.5. The number of nitro groups is 1. The van der Waals surface area contributed by atoms with Crippen molar-refractivity contribution in [2.24, 2.45) is 5.92 Å². The third kappa shape index (κ3) is 5.07. The fraction of sp³-hybridized carbons (Fsp3) is 0.435. The summed E-state index contributed by atoms with van der Waals surface area (Å²) in [5.74, 6) is 1.65. The predicted molar refractivity (Wildman–Crippen MR) is 119 cm³/mol. The Morgan fingerprint density at radius 2 is 1.87 bits per heavy atom. The van der Waals surface area contributed by atoms with Gasteiger partial charge in [0, 0.05) is 50.4 Å². The van der Waals surface area contributed by atoms with E-state index < -0.39 is 4.92 Å². The summed E-state index contributed by atoms with van der Waals surface area (Å²) in [5, 5.41) is 11.3. The summed E-state index contributed by atoms with van der Waals surface area (Å²) in [6, 6.07) is 9.98. The van der Waals surface area contributed by atoms with Crippen LogP contribution >= 0.6 is 0 Å². The van der Waals surface area contributed by atoms with E-state index in [4.69, 9.17) is 9.47 Å². The Balaban J connectivity index is 1.90. The number of methoxy groups -OCH3 is 2. The first-order valence-corrected chi connectivity index (χ1v) is 10.3. The summed E-state index contributed by atoms with van der Waals surface area (Å²) >= 11 is 0. The lowest BCUT2D eigenvalue weighted by Gasteiger charge is -2.33. The van der Waals surface area contributed by atoms with Gasteiger partial charge < -0.3 is 19.3 Å². The molecule has 8 heteroatoms. The minimum atomic E-state index is -0.467. The number of rotatable bonds is 7. The molecule has 0 unspecified atom stereocenters. The van der Waals surface area contributed by atoms with Crippen molar-refractivity contribution in [3.8, 4) is 11.5 Å². The van der Waals surface area contributed by atoms with Gasteiger partial charge in [-0.1, -0.05) is 6.92 Å². The van der Waals surface area contributed by atoms with E-state index in [9.17, 15) is 14.9 Å². The minimum Gasteiger partial charge on any atom is -0.497 e. The molecule has 166 valence electrons. The number of amides is 1. The molecule has 2 aromatic carbocycles. The molecule has 1 amide bonds. The second-order valence-corrected chi connectivity index (χ2v) is 7.97. The van der Waals surface area contributed by atoms with E-state index in [1.54, 1.807) is 38.3 Å². The Hall–Kier alpha value is -3.29. The van der Waals surface area contributed by atoms with Gasteiger partial charge in [-0.25, -0.2) is 0 Å². The molecule has 0 radical (unpaired) electrons. The van der Waals surface area contributed by atoms with Crippen LogP contribution in [0, 0.1) is 16.0 Å². The van der Waals surface area contributed by atoms with Gasteiger partial charge in [-0.3, -0.25) is 14.9 Å². The number of nitrogens with zero attached hydrogens (tertiary/aromatic N) is 3. The zero-order chi connectivity index (χ0) is 22.5. The number of carbonyl (C=O) groups excluding carboxylic acids is 1. The normalized spacial score (nSPS) is 14.3. The van der Waals surface area contributed by atoms with E-state index in [-0.39, 0.29) is 11.6 Å². The Morgan fingerprint density at radius 1 is 1.16 bits per heavy atom. The average molecular weight is 428 g/mol. The van der Waals surface area contributed by atoms with Gasteiger partial charge >= 0.3 is 0 Å². The number of nitro benzene ring substituents is 1. The highest BCUT2D eigenvalue weighted by molar-refractivity contribution is 6.00. The van der Waals surface area contributed by atoms with Crippen molar-refractivity contribution in [2.45, 2.75) is 26.3 Å². The van der Waals surface area contributed by atoms with Crippen LogP contribution < -0.4 is 14.4 Å². The number of hydrogen-bond donors (Lipinski definition) is 0. The van der Waals surface area contributed by atoms with Gasteiger partial charge in [-0.15, -0.1) is 0 Å². The Labute approximate surface area is 182 Å². The highest BCUT2D eigenvalue weighted by Crippen LogP contribution is 2.31. The van der Waals surface area contributed by atoms with E-state index >= 15 is 0 Å². The van der Waals surface area contributed by atoms with Crippen LogP contribution in [-0.4, -0.2) is 50.1 Å². The topological polar surface area (TPSA) is 85.1 Å². The van der Waals surface area contributed by atoms with Crippen LogP contribution in [0.2, 0.25) is 0 Å². The van der Waals surface area contributed by atoms with E-state index in [1.807, 2.05) is 12.1 Å². The predicted octanol–water partition coefficient (Wildman–Crippen LogP) is 4.12. The van der Waals surface area contributed by atoms with Crippen molar-refractivity contribution in [2.75, 3.05) is 39.3 Å². The number of non-ortho nitro benzene ring substituents is 1. The van der Waals surface area contributed by atoms with Crippen LogP contribution in [-0.2, 0) is 6.54 Å². The third-order valence-corrected chi connectivity index (χ3v) is 5.79. The molecule has 0 spiro atoms. The largest absolute Gasteiger partial charge is 0.497 e. The van der Waals surface area contributed by atoms with Gasteiger partial charge in [0.1, 0.15) is 11.5 Å². The Kier molecular flexibility index (Phi) is 6.99. The molecule has 1 heterocycles. The summed E-state index contributed by atoms with van der Waals surface area (Å²) in [6.07, 6.45) is 2.06. The number of carbonyl (C=O) groups is 1. The lowest BCUT2D eigenvalue weighted by molar-refractivity contribution is -0.384. The van der Waals surface area contributed by atoms with Gasteiger partial charge in [0.15, 0.2) is 0 Å². The van der Waals surface area contributed by atoms with Crippen molar-refractivity contribution >= 4 is 17.3 Å². The van der Waals surface area contributed by atoms with Gasteiger partial charge in [-0.2, -0.15) is 0 Å². The Bertz CT molecular complexity index is 954. The third-order valence-electron chi connectivity index (χ3n) is 5.79. The fourth-order valence-corrected chi connectivity index (χ4v) is 3.85. The first-order valence-electron chi connectivity index (χ1n) is 10.3. The molecule has 0 aromatic heterocycles. The molecule has 0 N–H and O–H groups in total. The van der Waals surface area contributed by atoms with Crippen molar-refractivity contribution in [1.82, 2.24) is 4.90 Å². The fourth-order valence-electron chi connectivity index (χ4n) is 3.85. The summed E-state index contributed by atoms with van der Waals surface area (Å²) in [7, 11) is 4.83. The van der Waals surface area contributed by atoms with Gasteiger partial charge in [0.05, 0.1) is 30.4 Å². The molecule has 3 rings (SSSR count). The van der Waals surface area contributed by atoms with Gasteiger partial charge in [0.2, 0.25) is 0 Å². The average Bonchev–Trinajstić information content (AvgIpc) is 2.78. The smallest absolute Gasteiger partial charge is 0.270 e.